The Hall–Kier alpha value is -0.770. The number of benzene rings is 1. The van der Waals surface area contributed by atoms with Crippen molar-refractivity contribution in [3.05, 3.63) is 33.8 Å². The summed E-state index contributed by atoms with van der Waals surface area (Å²) in [5, 5.41) is 1.13. The predicted molar refractivity (Wildman–Crippen MR) is 64.6 cm³/mol. The van der Waals surface area contributed by atoms with Gasteiger partial charge in [0.2, 0.25) is 0 Å². The fraction of sp³-hybridized carbons (Fsp3) is 0.364. The van der Waals surface area contributed by atoms with Crippen LogP contribution in [0.1, 0.15) is 24.4 Å². The van der Waals surface area contributed by atoms with E-state index in [1.807, 2.05) is 0 Å². The van der Waals surface area contributed by atoms with Gasteiger partial charge in [0, 0.05) is 22.5 Å². The van der Waals surface area contributed by atoms with Crippen molar-refractivity contribution in [2.24, 2.45) is 5.73 Å². The van der Waals surface area contributed by atoms with Gasteiger partial charge in [-0.1, -0.05) is 23.2 Å². The van der Waals surface area contributed by atoms with Gasteiger partial charge in [-0.3, -0.25) is 4.79 Å². The SMILES string of the molecule is COC(=O)CCC(N)c1cc(Cl)ccc1Cl. The highest BCUT2D eigenvalue weighted by atomic mass is 35.5. The molecule has 0 bridgehead atoms. The Morgan fingerprint density at radius 1 is 1.50 bits per heavy atom. The molecule has 1 atom stereocenters. The monoisotopic (exact) mass is 261 g/mol. The van der Waals surface area contributed by atoms with E-state index in [0.717, 1.165) is 5.56 Å². The average Bonchev–Trinajstić information content (AvgIpc) is 2.28. The maximum absolute atomic E-state index is 11.0. The van der Waals surface area contributed by atoms with Crippen LogP contribution in [0.5, 0.6) is 0 Å². The molecule has 0 heterocycles. The zero-order valence-corrected chi connectivity index (χ0v) is 10.4. The molecule has 0 saturated carbocycles. The van der Waals surface area contributed by atoms with Gasteiger partial charge in [-0.15, -0.1) is 0 Å². The molecule has 88 valence electrons. The van der Waals surface area contributed by atoms with Gasteiger partial charge in [-0.2, -0.15) is 0 Å². The Morgan fingerprint density at radius 2 is 2.19 bits per heavy atom. The second kappa shape index (κ2) is 6.09. The van der Waals surface area contributed by atoms with E-state index in [9.17, 15) is 4.79 Å². The second-order valence-corrected chi connectivity index (χ2v) is 4.23. The summed E-state index contributed by atoms with van der Waals surface area (Å²) in [4.78, 5) is 11.0. The van der Waals surface area contributed by atoms with E-state index in [-0.39, 0.29) is 18.4 Å². The largest absolute Gasteiger partial charge is 0.469 e. The summed E-state index contributed by atoms with van der Waals surface area (Å²) in [6, 6.07) is 4.79. The molecule has 1 aromatic rings. The number of carbonyl (C=O) groups excluding carboxylic acids is 1. The lowest BCUT2D eigenvalue weighted by Crippen LogP contribution is -2.13. The van der Waals surface area contributed by atoms with Crippen molar-refractivity contribution >= 4 is 29.2 Å². The van der Waals surface area contributed by atoms with Crippen molar-refractivity contribution in [1.82, 2.24) is 0 Å². The van der Waals surface area contributed by atoms with Gasteiger partial charge >= 0.3 is 5.97 Å². The van der Waals surface area contributed by atoms with Crippen LogP contribution in [0.2, 0.25) is 10.0 Å². The maximum atomic E-state index is 11.0. The number of esters is 1. The first-order valence-corrected chi connectivity index (χ1v) is 5.57. The van der Waals surface area contributed by atoms with Crippen molar-refractivity contribution in [2.75, 3.05) is 7.11 Å². The molecule has 0 saturated heterocycles. The van der Waals surface area contributed by atoms with Crippen LogP contribution in [0, 0.1) is 0 Å². The summed E-state index contributed by atoms with van der Waals surface area (Å²) in [6.45, 7) is 0. The molecule has 0 aliphatic heterocycles. The van der Waals surface area contributed by atoms with Crippen molar-refractivity contribution < 1.29 is 9.53 Å². The van der Waals surface area contributed by atoms with Gasteiger partial charge in [0.25, 0.3) is 0 Å². The minimum Gasteiger partial charge on any atom is -0.469 e. The fourth-order valence-electron chi connectivity index (χ4n) is 1.33. The van der Waals surface area contributed by atoms with Crippen molar-refractivity contribution in [1.29, 1.82) is 0 Å². The quantitative estimate of drug-likeness (QED) is 0.849. The van der Waals surface area contributed by atoms with Gasteiger partial charge in [0.15, 0.2) is 0 Å². The molecular weight excluding hydrogens is 249 g/mol. The van der Waals surface area contributed by atoms with E-state index in [4.69, 9.17) is 28.9 Å². The third-order valence-corrected chi connectivity index (χ3v) is 2.82. The Bertz CT molecular complexity index is 382. The Labute approximate surface area is 104 Å². The average molecular weight is 262 g/mol. The van der Waals surface area contributed by atoms with E-state index >= 15 is 0 Å². The number of nitrogens with two attached hydrogens (primary N) is 1. The van der Waals surface area contributed by atoms with Gasteiger partial charge in [-0.25, -0.2) is 0 Å². The van der Waals surface area contributed by atoms with Crippen LogP contribution >= 0.6 is 23.2 Å². The molecule has 5 heteroatoms. The van der Waals surface area contributed by atoms with Crippen LogP contribution < -0.4 is 5.73 Å². The highest BCUT2D eigenvalue weighted by molar-refractivity contribution is 6.33. The molecule has 1 rings (SSSR count). The molecule has 0 amide bonds. The second-order valence-electron chi connectivity index (χ2n) is 3.39. The first-order chi connectivity index (χ1) is 7.54. The van der Waals surface area contributed by atoms with Crippen LogP contribution in [-0.2, 0) is 9.53 Å². The first kappa shape index (κ1) is 13.3. The summed E-state index contributed by atoms with van der Waals surface area (Å²) in [6.07, 6.45) is 0.743. The maximum Gasteiger partial charge on any atom is 0.305 e. The number of hydrogen-bond donors (Lipinski definition) is 1. The minimum atomic E-state index is -0.315. The molecule has 0 aliphatic rings. The van der Waals surface area contributed by atoms with Gasteiger partial charge < -0.3 is 10.5 Å². The van der Waals surface area contributed by atoms with E-state index in [1.165, 1.54) is 7.11 Å². The van der Waals surface area contributed by atoms with Crippen molar-refractivity contribution in [2.45, 2.75) is 18.9 Å². The number of hydrogen-bond acceptors (Lipinski definition) is 3. The molecule has 16 heavy (non-hydrogen) atoms. The molecule has 3 nitrogen and oxygen atoms in total. The lowest BCUT2D eigenvalue weighted by molar-refractivity contribution is -0.140. The molecule has 0 aromatic heterocycles. The molecular formula is C11H13Cl2NO2. The third-order valence-electron chi connectivity index (χ3n) is 2.24. The summed E-state index contributed by atoms with van der Waals surface area (Å²) in [7, 11) is 1.35. The summed E-state index contributed by atoms with van der Waals surface area (Å²) >= 11 is 11.8. The Balaban J connectivity index is 2.68. The zero-order chi connectivity index (χ0) is 12.1. The molecule has 2 N–H and O–H groups in total. The highest BCUT2D eigenvalue weighted by Crippen LogP contribution is 2.27. The van der Waals surface area contributed by atoms with Crippen LogP contribution in [0.15, 0.2) is 18.2 Å². The van der Waals surface area contributed by atoms with Crippen LogP contribution in [0.4, 0.5) is 0 Å². The normalized spacial score (nSPS) is 12.2. The zero-order valence-electron chi connectivity index (χ0n) is 8.87. The number of methoxy groups -OCH3 is 1. The van der Waals surface area contributed by atoms with Gasteiger partial charge in [0.05, 0.1) is 7.11 Å². The standard InChI is InChI=1S/C11H13Cl2NO2/c1-16-11(15)5-4-10(14)8-6-7(12)2-3-9(8)13/h2-3,6,10H,4-5,14H2,1H3. The highest BCUT2D eigenvalue weighted by Gasteiger charge is 2.12. The molecule has 0 aliphatic carbocycles. The van der Waals surface area contributed by atoms with Crippen molar-refractivity contribution in [3.63, 3.8) is 0 Å². The summed E-state index contributed by atoms with van der Waals surface area (Å²) in [5.74, 6) is -0.284. The fourth-order valence-corrected chi connectivity index (χ4v) is 1.77. The molecule has 1 aromatic carbocycles. The predicted octanol–water partition coefficient (Wildman–Crippen LogP) is 2.95. The molecule has 0 spiro atoms. The van der Waals surface area contributed by atoms with Crippen LogP contribution in [-0.4, -0.2) is 13.1 Å². The van der Waals surface area contributed by atoms with Crippen LogP contribution in [0.25, 0.3) is 0 Å². The first-order valence-electron chi connectivity index (χ1n) is 4.82. The smallest absolute Gasteiger partial charge is 0.305 e. The minimum absolute atomic E-state index is 0.264. The third kappa shape index (κ3) is 3.67. The number of carbonyl (C=O) groups is 1. The molecule has 0 radical (unpaired) electrons. The number of ether oxygens (including phenoxy) is 1. The number of rotatable bonds is 4. The van der Waals surface area contributed by atoms with E-state index in [2.05, 4.69) is 4.74 Å². The summed E-state index contributed by atoms with van der Waals surface area (Å²) < 4.78 is 4.54. The Morgan fingerprint density at radius 3 is 2.81 bits per heavy atom. The lowest BCUT2D eigenvalue weighted by Gasteiger charge is -2.13. The van der Waals surface area contributed by atoms with Gasteiger partial charge in [0.1, 0.15) is 0 Å². The topological polar surface area (TPSA) is 52.3 Å². The van der Waals surface area contributed by atoms with E-state index < -0.39 is 0 Å². The molecule has 0 fully saturated rings. The lowest BCUT2D eigenvalue weighted by atomic mass is 10.0. The van der Waals surface area contributed by atoms with Gasteiger partial charge in [-0.05, 0) is 30.2 Å². The molecule has 1 unspecified atom stereocenters. The van der Waals surface area contributed by atoms with E-state index in [1.54, 1.807) is 18.2 Å². The van der Waals surface area contributed by atoms with E-state index in [0.29, 0.717) is 16.5 Å². The Kier molecular flexibility index (Phi) is 5.06. The van der Waals surface area contributed by atoms with Crippen LogP contribution in [0.3, 0.4) is 0 Å². The number of halogens is 2. The summed E-state index contributed by atoms with van der Waals surface area (Å²) in [5.41, 5.74) is 6.67. The van der Waals surface area contributed by atoms with Crippen molar-refractivity contribution in [3.8, 4) is 0 Å².